The minimum atomic E-state index is -0.774. The highest BCUT2D eigenvalue weighted by Gasteiger charge is 2.44. The van der Waals surface area contributed by atoms with E-state index in [2.05, 4.69) is 22.4 Å². The van der Waals surface area contributed by atoms with Crippen LogP contribution in [0, 0.1) is 5.92 Å². The molecule has 1 atom stereocenters. The van der Waals surface area contributed by atoms with Crippen LogP contribution in [0.5, 0.6) is 0 Å². The summed E-state index contributed by atoms with van der Waals surface area (Å²) in [4.78, 5) is 12.0. The fraction of sp³-hybridized carbons (Fsp3) is 0.667. The SMILES string of the molecule is CCCc1cc(NC(=O)C(C)(N)C2CC2)n[nH]1. The molecule has 1 fully saturated rings. The number of carbonyl (C=O) groups is 1. The van der Waals surface area contributed by atoms with Gasteiger partial charge in [-0.1, -0.05) is 13.3 Å². The fourth-order valence-corrected chi connectivity index (χ4v) is 1.94. The van der Waals surface area contributed by atoms with Crippen LogP contribution in [0.1, 0.15) is 38.8 Å². The Kier molecular flexibility index (Phi) is 3.19. The number of nitrogens with zero attached hydrogens (tertiary/aromatic N) is 1. The summed E-state index contributed by atoms with van der Waals surface area (Å²) in [5.41, 5.74) is 6.29. The molecule has 1 unspecified atom stereocenters. The van der Waals surface area contributed by atoms with Crippen LogP contribution < -0.4 is 11.1 Å². The number of rotatable bonds is 5. The van der Waals surface area contributed by atoms with Crippen molar-refractivity contribution in [2.24, 2.45) is 11.7 Å². The van der Waals surface area contributed by atoms with Gasteiger partial charge in [0.25, 0.3) is 0 Å². The van der Waals surface area contributed by atoms with Gasteiger partial charge < -0.3 is 11.1 Å². The summed E-state index contributed by atoms with van der Waals surface area (Å²) >= 11 is 0. The van der Waals surface area contributed by atoms with Gasteiger partial charge in [-0.05, 0) is 32.1 Å². The van der Waals surface area contributed by atoms with Crippen LogP contribution in [-0.4, -0.2) is 21.6 Å². The number of aryl methyl sites for hydroxylation is 1. The van der Waals surface area contributed by atoms with E-state index in [1.54, 1.807) is 6.92 Å². The molecule has 1 aromatic rings. The maximum absolute atomic E-state index is 12.0. The number of aromatic nitrogens is 2. The number of carbonyl (C=O) groups excluding carboxylic acids is 1. The van der Waals surface area contributed by atoms with Gasteiger partial charge in [-0.2, -0.15) is 5.10 Å². The van der Waals surface area contributed by atoms with Gasteiger partial charge in [0.15, 0.2) is 5.82 Å². The number of nitrogens with one attached hydrogen (secondary N) is 2. The van der Waals surface area contributed by atoms with Gasteiger partial charge >= 0.3 is 0 Å². The molecular weight excluding hydrogens is 216 g/mol. The fourth-order valence-electron chi connectivity index (χ4n) is 1.94. The second kappa shape index (κ2) is 4.49. The highest BCUT2D eigenvalue weighted by atomic mass is 16.2. The minimum Gasteiger partial charge on any atom is -0.317 e. The summed E-state index contributed by atoms with van der Waals surface area (Å²) in [6, 6.07) is 1.87. The maximum atomic E-state index is 12.0. The van der Waals surface area contributed by atoms with E-state index in [1.165, 1.54) is 0 Å². The average molecular weight is 236 g/mol. The largest absolute Gasteiger partial charge is 0.317 e. The molecular formula is C12H20N4O. The molecule has 1 aromatic heterocycles. The second-order valence-electron chi connectivity index (χ2n) is 5.04. The van der Waals surface area contributed by atoms with E-state index in [0.717, 1.165) is 31.4 Å². The Morgan fingerprint density at radius 1 is 1.71 bits per heavy atom. The van der Waals surface area contributed by atoms with E-state index < -0.39 is 5.54 Å². The van der Waals surface area contributed by atoms with Gasteiger partial charge in [-0.25, -0.2) is 0 Å². The van der Waals surface area contributed by atoms with Gasteiger partial charge in [0, 0.05) is 11.8 Å². The van der Waals surface area contributed by atoms with Crippen LogP contribution in [0.3, 0.4) is 0 Å². The van der Waals surface area contributed by atoms with Crippen LogP contribution >= 0.6 is 0 Å². The first-order valence-corrected chi connectivity index (χ1v) is 6.18. The molecule has 1 heterocycles. The third kappa shape index (κ3) is 2.66. The lowest BCUT2D eigenvalue weighted by Crippen LogP contribution is -2.50. The van der Waals surface area contributed by atoms with Crippen molar-refractivity contribution >= 4 is 11.7 Å². The number of H-pyrrole nitrogens is 1. The molecule has 0 aliphatic heterocycles. The Morgan fingerprint density at radius 3 is 3.00 bits per heavy atom. The topological polar surface area (TPSA) is 83.8 Å². The molecule has 0 saturated heterocycles. The third-order valence-electron chi connectivity index (χ3n) is 3.31. The summed E-state index contributed by atoms with van der Waals surface area (Å²) in [5.74, 6) is 0.738. The van der Waals surface area contributed by atoms with Crippen molar-refractivity contribution in [2.45, 2.75) is 45.1 Å². The summed E-state index contributed by atoms with van der Waals surface area (Å²) in [5, 5.41) is 9.73. The van der Waals surface area contributed by atoms with Gasteiger partial charge in [-0.15, -0.1) is 0 Å². The van der Waals surface area contributed by atoms with Crippen molar-refractivity contribution in [2.75, 3.05) is 5.32 Å². The maximum Gasteiger partial charge on any atom is 0.245 e. The van der Waals surface area contributed by atoms with Crippen LogP contribution in [0.4, 0.5) is 5.82 Å². The molecule has 1 saturated carbocycles. The first-order valence-electron chi connectivity index (χ1n) is 6.18. The molecule has 2 rings (SSSR count). The Labute approximate surface area is 101 Å². The Balaban J connectivity index is 1.97. The van der Waals surface area contributed by atoms with E-state index in [-0.39, 0.29) is 5.91 Å². The molecule has 5 heteroatoms. The third-order valence-corrected chi connectivity index (χ3v) is 3.31. The summed E-state index contributed by atoms with van der Waals surface area (Å²) in [7, 11) is 0. The predicted molar refractivity (Wildman–Crippen MR) is 66.5 cm³/mol. The van der Waals surface area contributed by atoms with E-state index in [0.29, 0.717) is 11.7 Å². The van der Waals surface area contributed by atoms with Gasteiger partial charge in [-0.3, -0.25) is 9.89 Å². The van der Waals surface area contributed by atoms with Gasteiger partial charge in [0.05, 0.1) is 5.54 Å². The zero-order valence-corrected chi connectivity index (χ0v) is 10.4. The molecule has 0 bridgehead atoms. The molecule has 1 amide bonds. The van der Waals surface area contributed by atoms with Crippen molar-refractivity contribution in [1.29, 1.82) is 0 Å². The number of hydrogen-bond donors (Lipinski definition) is 3. The molecule has 4 N–H and O–H groups in total. The number of amides is 1. The number of aromatic amines is 1. The van der Waals surface area contributed by atoms with Gasteiger partial charge in [0.1, 0.15) is 0 Å². The molecule has 0 radical (unpaired) electrons. The average Bonchev–Trinajstić information content (AvgIpc) is 3.04. The highest BCUT2D eigenvalue weighted by molar-refractivity contribution is 5.97. The molecule has 1 aliphatic rings. The second-order valence-corrected chi connectivity index (χ2v) is 5.04. The van der Waals surface area contributed by atoms with Crippen molar-refractivity contribution < 1.29 is 4.79 Å². The van der Waals surface area contributed by atoms with E-state index in [4.69, 9.17) is 5.73 Å². The molecule has 0 aromatic carbocycles. The van der Waals surface area contributed by atoms with Crippen molar-refractivity contribution in [1.82, 2.24) is 10.2 Å². The highest BCUT2D eigenvalue weighted by Crippen LogP contribution is 2.38. The minimum absolute atomic E-state index is 0.144. The van der Waals surface area contributed by atoms with Crippen LogP contribution in [0.2, 0.25) is 0 Å². The zero-order chi connectivity index (χ0) is 12.5. The van der Waals surface area contributed by atoms with Crippen LogP contribution in [-0.2, 0) is 11.2 Å². The molecule has 17 heavy (non-hydrogen) atoms. The Bertz CT molecular complexity index is 406. The first kappa shape index (κ1) is 12.1. The van der Waals surface area contributed by atoms with E-state index in [1.807, 2.05) is 6.07 Å². The summed E-state index contributed by atoms with van der Waals surface area (Å²) in [6.07, 6.45) is 4.07. The number of anilines is 1. The quantitative estimate of drug-likeness (QED) is 0.723. The summed E-state index contributed by atoms with van der Waals surface area (Å²) < 4.78 is 0. The molecule has 0 spiro atoms. The number of nitrogens with two attached hydrogens (primary N) is 1. The van der Waals surface area contributed by atoms with Crippen LogP contribution in [0.25, 0.3) is 0 Å². The number of hydrogen-bond acceptors (Lipinski definition) is 3. The first-order chi connectivity index (χ1) is 8.04. The summed E-state index contributed by atoms with van der Waals surface area (Å²) in [6.45, 7) is 3.89. The standard InChI is InChI=1S/C12H20N4O/c1-3-4-9-7-10(16-15-9)14-11(17)12(2,13)8-5-6-8/h7-8H,3-6,13H2,1-2H3,(H2,14,15,16,17). The monoisotopic (exact) mass is 236 g/mol. The lowest BCUT2D eigenvalue weighted by Gasteiger charge is -2.22. The van der Waals surface area contributed by atoms with E-state index >= 15 is 0 Å². The van der Waals surface area contributed by atoms with Crippen molar-refractivity contribution in [3.8, 4) is 0 Å². The lowest BCUT2D eigenvalue weighted by atomic mass is 9.96. The zero-order valence-electron chi connectivity index (χ0n) is 10.4. The molecule has 94 valence electrons. The smallest absolute Gasteiger partial charge is 0.245 e. The normalized spacial score (nSPS) is 18.8. The van der Waals surface area contributed by atoms with Gasteiger partial charge in [0.2, 0.25) is 5.91 Å². The Hall–Kier alpha value is -1.36. The molecule has 1 aliphatic carbocycles. The lowest BCUT2D eigenvalue weighted by molar-refractivity contribution is -0.121. The Morgan fingerprint density at radius 2 is 2.41 bits per heavy atom. The molecule has 5 nitrogen and oxygen atoms in total. The van der Waals surface area contributed by atoms with Crippen LogP contribution in [0.15, 0.2) is 6.07 Å². The van der Waals surface area contributed by atoms with Crippen molar-refractivity contribution in [3.63, 3.8) is 0 Å². The van der Waals surface area contributed by atoms with Crippen molar-refractivity contribution in [3.05, 3.63) is 11.8 Å². The predicted octanol–water partition coefficient (Wildman–Crippen LogP) is 1.43. The van der Waals surface area contributed by atoms with E-state index in [9.17, 15) is 4.79 Å².